The molecule has 2 aliphatic rings. The monoisotopic (exact) mass is 468 g/mol. The second kappa shape index (κ2) is 11.2. The number of nitrogens with zero attached hydrogens (tertiary/aromatic N) is 1. The van der Waals surface area contributed by atoms with E-state index in [1.165, 1.54) is 0 Å². The van der Waals surface area contributed by atoms with Gasteiger partial charge in [0.05, 0.1) is 12.2 Å². The van der Waals surface area contributed by atoms with Crippen LogP contribution in [0.3, 0.4) is 0 Å². The van der Waals surface area contributed by atoms with Gasteiger partial charge < -0.3 is 19.7 Å². The SMILES string of the molecule is CCCOCCOC(=O)C1=C(C)NC2=C(C(=O)CC(C)(C)C2)C1c1ccc(N(CC)CC)cc1. The van der Waals surface area contributed by atoms with E-state index in [4.69, 9.17) is 9.47 Å². The molecular weight excluding hydrogens is 428 g/mol. The average molecular weight is 469 g/mol. The standard InChI is InChI=1S/C28H40N2O4/c1-7-14-33-15-16-34-27(32)24-19(4)29-22-17-28(5,6)18-23(31)26(22)25(24)20-10-12-21(13-11-20)30(8-2)9-3/h10-13,25,29H,7-9,14-18H2,1-6H3. The van der Waals surface area contributed by atoms with Gasteiger partial charge in [0, 0.05) is 54.7 Å². The molecular formula is C28H40N2O4. The van der Waals surface area contributed by atoms with Crippen LogP contribution >= 0.6 is 0 Å². The minimum absolute atomic E-state index is 0.0978. The fourth-order valence-corrected chi connectivity index (χ4v) is 5.02. The van der Waals surface area contributed by atoms with E-state index in [0.717, 1.165) is 48.6 Å². The molecule has 0 fully saturated rings. The molecule has 6 nitrogen and oxygen atoms in total. The summed E-state index contributed by atoms with van der Waals surface area (Å²) in [5, 5.41) is 3.39. The van der Waals surface area contributed by atoms with Crippen LogP contribution in [-0.2, 0) is 19.1 Å². The Balaban J connectivity index is 1.98. The van der Waals surface area contributed by atoms with Gasteiger partial charge in [-0.05, 0) is 56.7 Å². The molecule has 0 aromatic heterocycles. The molecule has 1 atom stereocenters. The van der Waals surface area contributed by atoms with E-state index in [1.54, 1.807) is 0 Å². The molecule has 1 aliphatic carbocycles. The van der Waals surface area contributed by atoms with Crippen LogP contribution in [0, 0.1) is 5.41 Å². The van der Waals surface area contributed by atoms with E-state index in [1.807, 2.05) is 26.0 Å². The number of rotatable bonds is 10. The molecule has 0 spiro atoms. The molecule has 0 radical (unpaired) electrons. The Morgan fingerprint density at radius 1 is 1.06 bits per heavy atom. The number of esters is 1. The van der Waals surface area contributed by atoms with Gasteiger partial charge in [-0.3, -0.25) is 4.79 Å². The molecule has 6 heteroatoms. The van der Waals surface area contributed by atoms with Crippen LogP contribution in [-0.4, -0.2) is 44.7 Å². The molecule has 1 aliphatic heterocycles. The molecule has 0 amide bonds. The predicted octanol–water partition coefficient (Wildman–Crippen LogP) is 5.11. The highest BCUT2D eigenvalue weighted by atomic mass is 16.6. The lowest BCUT2D eigenvalue weighted by Gasteiger charge is -2.39. The maximum Gasteiger partial charge on any atom is 0.336 e. The summed E-state index contributed by atoms with van der Waals surface area (Å²) in [7, 11) is 0. The Kier molecular flexibility index (Phi) is 8.58. The van der Waals surface area contributed by atoms with Crippen molar-refractivity contribution in [1.82, 2.24) is 5.32 Å². The number of carbonyl (C=O) groups is 2. The first-order valence-electron chi connectivity index (χ1n) is 12.6. The van der Waals surface area contributed by atoms with Crippen molar-refractivity contribution in [2.45, 2.75) is 66.7 Å². The van der Waals surface area contributed by atoms with Crippen molar-refractivity contribution in [2.24, 2.45) is 5.41 Å². The third kappa shape index (κ3) is 5.72. The van der Waals surface area contributed by atoms with Crippen LogP contribution in [0.1, 0.15) is 72.3 Å². The molecule has 1 aromatic rings. The number of carbonyl (C=O) groups excluding carboxylic acids is 2. The van der Waals surface area contributed by atoms with Crippen molar-refractivity contribution in [3.63, 3.8) is 0 Å². The van der Waals surface area contributed by atoms with E-state index in [2.05, 4.69) is 50.0 Å². The Labute approximate surface area is 204 Å². The van der Waals surface area contributed by atoms with Gasteiger partial charge in [-0.2, -0.15) is 0 Å². The number of nitrogens with one attached hydrogen (secondary N) is 1. The molecule has 1 heterocycles. The van der Waals surface area contributed by atoms with Crippen molar-refractivity contribution in [1.29, 1.82) is 0 Å². The zero-order valence-electron chi connectivity index (χ0n) is 21.6. The number of allylic oxidation sites excluding steroid dienone is 3. The number of ether oxygens (including phenoxy) is 2. The fraction of sp³-hybridized carbons (Fsp3) is 0.571. The normalized spacial score (nSPS) is 19.6. The lowest BCUT2D eigenvalue weighted by atomic mass is 9.68. The van der Waals surface area contributed by atoms with Crippen LogP contribution in [0.15, 0.2) is 46.8 Å². The molecule has 1 aromatic carbocycles. The molecule has 3 rings (SSSR count). The van der Waals surface area contributed by atoms with Crippen molar-refractivity contribution in [2.75, 3.05) is 37.8 Å². The molecule has 34 heavy (non-hydrogen) atoms. The molecule has 0 bridgehead atoms. The molecule has 1 unspecified atom stereocenters. The zero-order valence-corrected chi connectivity index (χ0v) is 21.6. The van der Waals surface area contributed by atoms with Gasteiger partial charge in [0.2, 0.25) is 0 Å². The van der Waals surface area contributed by atoms with Crippen LogP contribution in [0.2, 0.25) is 0 Å². The Hall–Kier alpha value is -2.60. The van der Waals surface area contributed by atoms with Gasteiger partial charge in [-0.15, -0.1) is 0 Å². The summed E-state index contributed by atoms with van der Waals surface area (Å²) in [6, 6.07) is 8.26. The van der Waals surface area contributed by atoms with Gasteiger partial charge in [0.25, 0.3) is 0 Å². The van der Waals surface area contributed by atoms with Gasteiger partial charge >= 0.3 is 5.97 Å². The summed E-state index contributed by atoms with van der Waals surface area (Å²) in [6.07, 6.45) is 2.16. The first-order valence-corrected chi connectivity index (χ1v) is 12.6. The van der Waals surface area contributed by atoms with Gasteiger partial charge in [-0.25, -0.2) is 4.79 Å². The Morgan fingerprint density at radius 3 is 2.35 bits per heavy atom. The van der Waals surface area contributed by atoms with Crippen molar-refractivity contribution in [3.05, 3.63) is 52.4 Å². The number of hydrogen-bond donors (Lipinski definition) is 1. The topological polar surface area (TPSA) is 67.9 Å². The van der Waals surface area contributed by atoms with Crippen molar-refractivity contribution >= 4 is 17.4 Å². The number of Topliss-reactive ketones (excluding diaryl/α,β-unsaturated/α-hetero) is 1. The van der Waals surface area contributed by atoms with E-state index in [0.29, 0.717) is 30.8 Å². The second-order valence-corrected chi connectivity index (χ2v) is 9.94. The van der Waals surface area contributed by atoms with Crippen LogP contribution < -0.4 is 10.2 Å². The van der Waals surface area contributed by atoms with E-state index < -0.39 is 11.9 Å². The fourth-order valence-electron chi connectivity index (χ4n) is 5.02. The van der Waals surface area contributed by atoms with Crippen LogP contribution in [0.5, 0.6) is 0 Å². The largest absolute Gasteiger partial charge is 0.460 e. The van der Waals surface area contributed by atoms with Crippen LogP contribution in [0.25, 0.3) is 0 Å². The van der Waals surface area contributed by atoms with Crippen molar-refractivity contribution < 1.29 is 19.1 Å². The summed E-state index contributed by atoms with van der Waals surface area (Å²) in [4.78, 5) is 29.0. The highest BCUT2D eigenvalue weighted by molar-refractivity contribution is 6.04. The maximum absolute atomic E-state index is 13.4. The summed E-state index contributed by atoms with van der Waals surface area (Å²) >= 11 is 0. The molecule has 1 N–H and O–H groups in total. The highest BCUT2D eigenvalue weighted by Gasteiger charge is 2.43. The highest BCUT2D eigenvalue weighted by Crippen LogP contribution is 2.47. The van der Waals surface area contributed by atoms with Gasteiger partial charge in [0.15, 0.2) is 5.78 Å². The van der Waals surface area contributed by atoms with Gasteiger partial charge in [0.1, 0.15) is 6.61 Å². The first-order chi connectivity index (χ1) is 16.2. The Morgan fingerprint density at radius 2 is 1.74 bits per heavy atom. The van der Waals surface area contributed by atoms with Crippen LogP contribution in [0.4, 0.5) is 5.69 Å². The minimum Gasteiger partial charge on any atom is -0.460 e. The molecule has 186 valence electrons. The number of anilines is 1. The summed E-state index contributed by atoms with van der Waals surface area (Å²) in [5.41, 5.74) is 4.85. The number of hydrogen-bond acceptors (Lipinski definition) is 6. The minimum atomic E-state index is -0.435. The summed E-state index contributed by atoms with van der Waals surface area (Å²) in [5.74, 6) is -0.734. The first kappa shape index (κ1) is 26.0. The Bertz CT molecular complexity index is 955. The third-order valence-corrected chi connectivity index (χ3v) is 6.62. The molecule has 0 saturated carbocycles. The third-order valence-electron chi connectivity index (χ3n) is 6.62. The number of benzene rings is 1. The lowest BCUT2D eigenvalue weighted by molar-refractivity contribution is -0.141. The van der Waals surface area contributed by atoms with E-state index >= 15 is 0 Å². The summed E-state index contributed by atoms with van der Waals surface area (Å²) < 4.78 is 11.1. The van der Waals surface area contributed by atoms with E-state index in [-0.39, 0.29) is 17.8 Å². The quantitative estimate of drug-likeness (QED) is 0.380. The maximum atomic E-state index is 13.4. The predicted molar refractivity (Wildman–Crippen MR) is 136 cm³/mol. The van der Waals surface area contributed by atoms with E-state index in [9.17, 15) is 9.59 Å². The van der Waals surface area contributed by atoms with Crippen molar-refractivity contribution in [3.8, 4) is 0 Å². The number of ketones is 1. The smallest absolute Gasteiger partial charge is 0.336 e. The number of dihydropyridines is 1. The molecule has 0 saturated heterocycles. The second-order valence-electron chi connectivity index (χ2n) is 9.94. The summed E-state index contributed by atoms with van der Waals surface area (Å²) in [6.45, 7) is 15.5. The lowest BCUT2D eigenvalue weighted by Crippen LogP contribution is -2.38. The zero-order chi connectivity index (χ0) is 24.9. The van der Waals surface area contributed by atoms with Gasteiger partial charge in [-0.1, -0.05) is 32.9 Å². The average Bonchev–Trinajstić information content (AvgIpc) is 2.78.